The molecule has 0 unspecified atom stereocenters. The van der Waals surface area contributed by atoms with Crippen molar-refractivity contribution in [2.24, 2.45) is 0 Å². The Hall–Kier alpha value is -1.66. The van der Waals surface area contributed by atoms with Crippen LogP contribution in [0.3, 0.4) is 0 Å². The Morgan fingerprint density at radius 1 is 1.45 bits per heavy atom. The molecule has 1 aromatic carbocycles. The first-order valence-electron chi connectivity index (χ1n) is 7.12. The standard InChI is InChI=1S/C15H18ClFN2O3/c1-2-19(8-14(20)21)11-6-10(7-11)18-15(22)12-4-3-9(17)5-13(12)16/h3-5,10-11H,2,6-8H2,1H3,(H,18,22)(H,20,21). The number of nitrogens with one attached hydrogen (secondary N) is 1. The summed E-state index contributed by atoms with van der Waals surface area (Å²) in [4.78, 5) is 24.7. The second-order valence-corrected chi connectivity index (χ2v) is 5.78. The van der Waals surface area contributed by atoms with Crippen molar-refractivity contribution in [1.29, 1.82) is 0 Å². The Labute approximate surface area is 133 Å². The van der Waals surface area contributed by atoms with Gasteiger partial charge in [-0.3, -0.25) is 14.5 Å². The largest absolute Gasteiger partial charge is 0.480 e. The van der Waals surface area contributed by atoms with Crippen LogP contribution in [0.4, 0.5) is 4.39 Å². The van der Waals surface area contributed by atoms with Crippen LogP contribution in [-0.2, 0) is 4.79 Å². The molecule has 0 spiro atoms. The normalized spacial score (nSPS) is 20.5. The molecule has 7 heteroatoms. The molecule has 0 bridgehead atoms. The molecule has 22 heavy (non-hydrogen) atoms. The van der Waals surface area contributed by atoms with Crippen LogP contribution in [-0.4, -0.2) is 47.1 Å². The molecule has 1 fully saturated rings. The summed E-state index contributed by atoms with van der Waals surface area (Å²) in [5.41, 5.74) is 0.240. The van der Waals surface area contributed by atoms with Crippen molar-refractivity contribution in [3.05, 3.63) is 34.6 Å². The number of carbonyl (C=O) groups is 2. The summed E-state index contributed by atoms with van der Waals surface area (Å²) in [5, 5.41) is 11.8. The van der Waals surface area contributed by atoms with Crippen LogP contribution in [0.5, 0.6) is 0 Å². The molecule has 0 radical (unpaired) electrons. The van der Waals surface area contributed by atoms with Crippen molar-refractivity contribution >= 4 is 23.5 Å². The summed E-state index contributed by atoms with van der Waals surface area (Å²) >= 11 is 5.85. The van der Waals surface area contributed by atoms with E-state index in [1.165, 1.54) is 12.1 Å². The molecule has 0 heterocycles. The Kier molecular flexibility index (Phi) is 5.37. The first-order valence-corrected chi connectivity index (χ1v) is 7.50. The summed E-state index contributed by atoms with van der Waals surface area (Å²) in [6.45, 7) is 2.57. The molecular formula is C15H18ClFN2O3. The van der Waals surface area contributed by atoms with Crippen LogP contribution in [0.15, 0.2) is 18.2 Å². The van der Waals surface area contributed by atoms with E-state index < -0.39 is 11.8 Å². The minimum atomic E-state index is -0.854. The highest BCUT2D eigenvalue weighted by Gasteiger charge is 2.34. The van der Waals surface area contributed by atoms with E-state index in [0.29, 0.717) is 19.4 Å². The zero-order valence-corrected chi connectivity index (χ0v) is 12.9. The number of halogens is 2. The van der Waals surface area contributed by atoms with E-state index in [1.807, 2.05) is 11.8 Å². The van der Waals surface area contributed by atoms with E-state index in [2.05, 4.69) is 5.32 Å². The van der Waals surface area contributed by atoms with Crippen molar-refractivity contribution in [2.75, 3.05) is 13.1 Å². The van der Waals surface area contributed by atoms with Gasteiger partial charge < -0.3 is 10.4 Å². The van der Waals surface area contributed by atoms with Gasteiger partial charge in [0.2, 0.25) is 0 Å². The van der Waals surface area contributed by atoms with Crippen molar-refractivity contribution in [1.82, 2.24) is 10.2 Å². The van der Waals surface area contributed by atoms with Gasteiger partial charge in [0.1, 0.15) is 5.82 Å². The zero-order chi connectivity index (χ0) is 16.3. The molecule has 2 N–H and O–H groups in total. The average Bonchev–Trinajstić information content (AvgIpc) is 2.39. The van der Waals surface area contributed by atoms with Gasteiger partial charge in [0.15, 0.2) is 0 Å². The highest BCUT2D eigenvalue weighted by atomic mass is 35.5. The number of aliphatic carboxylic acids is 1. The molecule has 0 aromatic heterocycles. The van der Waals surface area contributed by atoms with Gasteiger partial charge in [0, 0.05) is 12.1 Å². The lowest BCUT2D eigenvalue weighted by Gasteiger charge is -2.42. The molecule has 2 rings (SSSR count). The fourth-order valence-electron chi connectivity index (χ4n) is 2.61. The van der Waals surface area contributed by atoms with E-state index in [0.717, 1.165) is 6.07 Å². The van der Waals surface area contributed by atoms with E-state index in [1.54, 1.807) is 0 Å². The maximum Gasteiger partial charge on any atom is 0.317 e. The van der Waals surface area contributed by atoms with Crippen LogP contribution < -0.4 is 5.32 Å². The van der Waals surface area contributed by atoms with Gasteiger partial charge in [-0.2, -0.15) is 0 Å². The molecule has 1 aliphatic carbocycles. The fraction of sp³-hybridized carbons (Fsp3) is 0.467. The quantitative estimate of drug-likeness (QED) is 0.839. The number of rotatable bonds is 6. The first-order chi connectivity index (χ1) is 10.4. The second kappa shape index (κ2) is 7.07. The maximum atomic E-state index is 13.0. The van der Waals surface area contributed by atoms with Gasteiger partial charge in [0.05, 0.1) is 17.1 Å². The van der Waals surface area contributed by atoms with Gasteiger partial charge in [-0.25, -0.2) is 4.39 Å². The number of nitrogens with zero attached hydrogens (tertiary/aromatic N) is 1. The van der Waals surface area contributed by atoms with Gasteiger partial charge in [-0.05, 0) is 37.6 Å². The molecule has 0 aliphatic heterocycles. The van der Waals surface area contributed by atoms with Gasteiger partial charge >= 0.3 is 5.97 Å². The van der Waals surface area contributed by atoms with Crippen LogP contribution in [0.25, 0.3) is 0 Å². The number of hydrogen-bond donors (Lipinski definition) is 2. The Balaban J connectivity index is 1.86. The summed E-state index contributed by atoms with van der Waals surface area (Å²) in [6.07, 6.45) is 1.40. The van der Waals surface area contributed by atoms with Gasteiger partial charge in [-0.15, -0.1) is 0 Å². The third-order valence-corrected chi connectivity index (χ3v) is 4.20. The summed E-state index contributed by atoms with van der Waals surface area (Å²) in [7, 11) is 0. The van der Waals surface area contributed by atoms with E-state index in [4.69, 9.17) is 16.7 Å². The lowest BCUT2D eigenvalue weighted by molar-refractivity contribution is -0.139. The van der Waals surface area contributed by atoms with Crippen LogP contribution in [0.1, 0.15) is 30.1 Å². The maximum absolute atomic E-state index is 13.0. The first kappa shape index (κ1) is 16.7. The minimum Gasteiger partial charge on any atom is -0.480 e. The van der Waals surface area contributed by atoms with E-state index in [9.17, 15) is 14.0 Å². The number of amides is 1. The Morgan fingerprint density at radius 2 is 2.14 bits per heavy atom. The van der Waals surface area contributed by atoms with E-state index in [-0.39, 0.29) is 35.1 Å². The van der Waals surface area contributed by atoms with Gasteiger partial charge in [0.25, 0.3) is 5.91 Å². The lowest BCUT2D eigenvalue weighted by atomic mass is 9.85. The van der Waals surface area contributed by atoms with Crippen molar-refractivity contribution in [3.8, 4) is 0 Å². The van der Waals surface area contributed by atoms with Crippen LogP contribution >= 0.6 is 11.6 Å². The second-order valence-electron chi connectivity index (χ2n) is 5.38. The van der Waals surface area contributed by atoms with Crippen LogP contribution in [0, 0.1) is 5.82 Å². The predicted octanol–water partition coefficient (Wildman–Crippen LogP) is 2.15. The molecule has 5 nitrogen and oxygen atoms in total. The van der Waals surface area contributed by atoms with E-state index >= 15 is 0 Å². The number of carboxylic acids is 1. The summed E-state index contributed by atoms with van der Waals surface area (Å²) < 4.78 is 13.0. The molecule has 0 saturated heterocycles. The average molecular weight is 329 g/mol. The number of carboxylic acid groups (broad SMARTS) is 1. The highest BCUT2D eigenvalue weighted by molar-refractivity contribution is 6.33. The minimum absolute atomic E-state index is 0.00558. The molecule has 1 aromatic rings. The molecule has 0 atom stereocenters. The lowest BCUT2D eigenvalue weighted by Crippen LogP contribution is -2.54. The van der Waals surface area contributed by atoms with Crippen molar-refractivity contribution < 1.29 is 19.1 Å². The Morgan fingerprint density at radius 3 is 2.68 bits per heavy atom. The predicted molar refractivity (Wildman–Crippen MR) is 80.6 cm³/mol. The topological polar surface area (TPSA) is 69.6 Å². The Bertz CT molecular complexity index is 576. The molecule has 120 valence electrons. The highest BCUT2D eigenvalue weighted by Crippen LogP contribution is 2.26. The summed E-state index contributed by atoms with van der Waals surface area (Å²) in [6, 6.07) is 3.80. The smallest absolute Gasteiger partial charge is 0.317 e. The monoisotopic (exact) mass is 328 g/mol. The third kappa shape index (κ3) is 3.96. The zero-order valence-electron chi connectivity index (χ0n) is 12.2. The van der Waals surface area contributed by atoms with Gasteiger partial charge in [-0.1, -0.05) is 18.5 Å². The number of carbonyl (C=O) groups excluding carboxylic acids is 1. The number of likely N-dealkylation sites (N-methyl/N-ethyl adjacent to an activating group) is 1. The van der Waals surface area contributed by atoms with Crippen LogP contribution in [0.2, 0.25) is 5.02 Å². The summed E-state index contributed by atoms with van der Waals surface area (Å²) in [5.74, 6) is -1.68. The van der Waals surface area contributed by atoms with Crippen molar-refractivity contribution in [3.63, 3.8) is 0 Å². The molecular weight excluding hydrogens is 311 g/mol. The number of benzene rings is 1. The molecule has 1 amide bonds. The van der Waals surface area contributed by atoms with Crippen molar-refractivity contribution in [2.45, 2.75) is 31.8 Å². The number of hydrogen-bond acceptors (Lipinski definition) is 3. The molecule has 1 saturated carbocycles. The fourth-order valence-corrected chi connectivity index (χ4v) is 2.87. The SMILES string of the molecule is CCN(CC(=O)O)C1CC(NC(=O)c2ccc(F)cc2Cl)C1. The third-order valence-electron chi connectivity index (χ3n) is 3.89. The molecule has 1 aliphatic rings.